The van der Waals surface area contributed by atoms with E-state index in [0.717, 1.165) is 11.0 Å². The molecule has 4 heteroatoms. The highest BCUT2D eigenvalue weighted by molar-refractivity contribution is 7.17. The van der Waals surface area contributed by atoms with Crippen LogP contribution in [0, 0.1) is 0 Å². The molecule has 0 radical (unpaired) electrons. The van der Waals surface area contributed by atoms with Crippen LogP contribution in [0.4, 0.5) is 0 Å². The van der Waals surface area contributed by atoms with Crippen molar-refractivity contribution < 1.29 is 14.6 Å². The second-order valence-corrected chi connectivity index (χ2v) is 3.75. The smallest absolute Gasteiger partial charge is 0.150 e. The fourth-order valence-corrected chi connectivity index (χ4v) is 2.25. The zero-order chi connectivity index (χ0) is 10.1. The van der Waals surface area contributed by atoms with Gasteiger partial charge in [-0.25, -0.2) is 0 Å². The lowest BCUT2D eigenvalue weighted by molar-refractivity contribution is 0.112. The van der Waals surface area contributed by atoms with Gasteiger partial charge in [-0.15, -0.1) is 11.3 Å². The summed E-state index contributed by atoms with van der Waals surface area (Å²) in [6.45, 7) is 0. The number of ether oxygens (including phenoxy) is 1. The van der Waals surface area contributed by atoms with Crippen molar-refractivity contribution >= 4 is 27.7 Å². The summed E-state index contributed by atoms with van der Waals surface area (Å²) in [5.41, 5.74) is 0.552. The van der Waals surface area contributed by atoms with Gasteiger partial charge in [-0.2, -0.15) is 0 Å². The van der Waals surface area contributed by atoms with E-state index in [4.69, 9.17) is 4.74 Å². The molecule has 2 rings (SSSR count). The van der Waals surface area contributed by atoms with E-state index >= 15 is 0 Å². The van der Waals surface area contributed by atoms with E-state index in [1.165, 1.54) is 18.4 Å². The minimum Gasteiger partial charge on any atom is -0.506 e. The van der Waals surface area contributed by atoms with Crippen LogP contribution in [0.1, 0.15) is 10.4 Å². The van der Waals surface area contributed by atoms with Crippen molar-refractivity contribution in [2.24, 2.45) is 0 Å². The SMILES string of the molecule is COc1cc(C=O)cc2scc(O)c12. The van der Waals surface area contributed by atoms with Gasteiger partial charge in [0.05, 0.1) is 12.5 Å². The second-order valence-electron chi connectivity index (χ2n) is 2.84. The average Bonchev–Trinajstić information content (AvgIpc) is 2.59. The molecular formula is C10H8O3S. The first-order valence-corrected chi connectivity index (χ1v) is 4.87. The van der Waals surface area contributed by atoms with Crippen LogP contribution in [-0.2, 0) is 0 Å². The summed E-state index contributed by atoms with van der Waals surface area (Å²) in [5, 5.41) is 11.8. The summed E-state index contributed by atoms with van der Waals surface area (Å²) in [6.07, 6.45) is 0.763. The minimum atomic E-state index is 0.194. The van der Waals surface area contributed by atoms with E-state index in [0.29, 0.717) is 16.7 Å². The average molecular weight is 208 g/mol. The molecule has 0 aliphatic heterocycles. The third kappa shape index (κ3) is 1.24. The normalized spacial score (nSPS) is 10.4. The zero-order valence-electron chi connectivity index (χ0n) is 7.48. The highest BCUT2D eigenvalue weighted by atomic mass is 32.1. The maximum atomic E-state index is 10.6. The van der Waals surface area contributed by atoms with Crippen LogP contribution < -0.4 is 4.74 Å². The molecule has 0 fully saturated rings. The number of aldehydes is 1. The molecule has 1 aromatic heterocycles. The second kappa shape index (κ2) is 3.31. The summed E-state index contributed by atoms with van der Waals surface area (Å²) in [5.74, 6) is 0.725. The molecule has 3 nitrogen and oxygen atoms in total. The highest BCUT2D eigenvalue weighted by Crippen LogP contribution is 2.38. The van der Waals surface area contributed by atoms with Crippen LogP contribution in [0.2, 0.25) is 0 Å². The van der Waals surface area contributed by atoms with Crippen LogP contribution in [0.3, 0.4) is 0 Å². The maximum Gasteiger partial charge on any atom is 0.150 e. The summed E-state index contributed by atoms with van der Waals surface area (Å²) < 4.78 is 5.95. The Kier molecular flexibility index (Phi) is 2.13. The molecule has 1 heterocycles. The van der Waals surface area contributed by atoms with Gasteiger partial charge in [-0.3, -0.25) is 4.79 Å². The lowest BCUT2D eigenvalue weighted by Crippen LogP contribution is -1.86. The largest absolute Gasteiger partial charge is 0.506 e. The van der Waals surface area contributed by atoms with Gasteiger partial charge in [-0.05, 0) is 12.1 Å². The van der Waals surface area contributed by atoms with Crippen LogP contribution in [-0.4, -0.2) is 18.5 Å². The number of methoxy groups -OCH3 is 1. The first kappa shape index (κ1) is 9.02. The number of carbonyl (C=O) groups excluding carboxylic acids is 1. The standard InChI is InChI=1S/C10H8O3S/c1-13-8-2-6(4-11)3-9-10(8)7(12)5-14-9/h2-5,12H,1H3. The molecule has 0 aliphatic rings. The monoisotopic (exact) mass is 208 g/mol. The van der Waals surface area contributed by atoms with Crippen LogP contribution in [0.15, 0.2) is 17.5 Å². The van der Waals surface area contributed by atoms with Gasteiger partial charge in [0.1, 0.15) is 17.8 Å². The Labute approximate surface area is 84.6 Å². The van der Waals surface area contributed by atoms with Gasteiger partial charge in [0.2, 0.25) is 0 Å². The molecule has 0 spiro atoms. The van der Waals surface area contributed by atoms with Crippen LogP contribution >= 0.6 is 11.3 Å². The Morgan fingerprint density at radius 3 is 2.93 bits per heavy atom. The van der Waals surface area contributed by atoms with E-state index in [2.05, 4.69) is 0 Å². The quantitative estimate of drug-likeness (QED) is 0.771. The molecule has 0 saturated carbocycles. The van der Waals surface area contributed by atoms with Crippen molar-refractivity contribution in [3.63, 3.8) is 0 Å². The van der Waals surface area contributed by atoms with E-state index in [-0.39, 0.29) is 5.75 Å². The minimum absolute atomic E-state index is 0.194. The number of benzene rings is 1. The van der Waals surface area contributed by atoms with Gasteiger partial charge in [0.15, 0.2) is 0 Å². The Morgan fingerprint density at radius 2 is 2.29 bits per heavy atom. The summed E-state index contributed by atoms with van der Waals surface area (Å²) in [7, 11) is 1.51. The zero-order valence-corrected chi connectivity index (χ0v) is 8.30. The van der Waals surface area contributed by atoms with Gasteiger partial charge in [0, 0.05) is 15.6 Å². The number of thiophene rings is 1. The predicted molar refractivity (Wildman–Crippen MR) is 55.4 cm³/mol. The van der Waals surface area contributed by atoms with E-state index in [9.17, 15) is 9.90 Å². The topological polar surface area (TPSA) is 46.5 Å². The van der Waals surface area contributed by atoms with Crippen molar-refractivity contribution in [2.75, 3.05) is 7.11 Å². The molecule has 1 N–H and O–H groups in total. The van der Waals surface area contributed by atoms with Crippen molar-refractivity contribution in [3.05, 3.63) is 23.1 Å². The van der Waals surface area contributed by atoms with Gasteiger partial charge in [-0.1, -0.05) is 0 Å². The van der Waals surface area contributed by atoms with Gasteiger partial charge >= 0.3 is 0 Å². The number of hydrogen-bond donors (Lipinski definition) is 1. The molecule has 0 aliphatic carbocycles. The number of aromatic hydroxyl groups is 1. The van der Waals surface area contributed by atoms with Crippen LogP contribution in [0.5, 0.6) is 11.5 Å². The Bertz CT molecular complexity index is 487. The van der Waals surface area contributed by atoms with Crippen LogP contribution in [0.25, 0.3) is 10.1 Å². The molecule has 1 aromatic carbocycles. The summed E-state index contributed by atoms with van der Waals surface area (Å²) in [4.78, 5) is 10.6. The van der Waals surface area contributed by atoms with E-state index in [1.54, 1.807) is 17.5 Å². The lowest BCUT2D eigenvalue weighted by atomic mass is 10.1. The third-order valence-electron chi connectivity index (χ3n) is 2.00. The first-order chi connectivity index (χ1) is 6.76. The Balaban J connectivity index is 2.82. The molecule has 72 valence electrons. The molecule has 0 saturated heterocycles. The van der Waals surface area contributed by atoms with Crippen molar-refractivity contribution in [1.29, 1.82) is 0 Å². The predicted octanol–water partition coefficient (Wildman–Crippen LogP) is 2.43. The van der Waals surface area contributed by atoms with Crippen molar-refractivity contribution in [1.82, 2.24) is 0 Å². The molecule has 0 atom stereocenters. The van der Waals surface area contributed by atoms with E-state index < -0.39 is 0 Å². The number of hydrogen-bond acceptors (Lipinski definition) is 4. The molecule has 0 unspecified atom stereocenters. The highest BCUT2D eigenvalue weighted by Gasteiger charge is 2.10. The van der Waals surface area contributed by atoms with Crippen molar-refractivity contribution in [2.45, 2.75) is 0 Å². The number of carbonyl (C=O) groups is 1. The molecular weight excluding hydrogens is 200 g/mol. The van der Waals surface area contributed by atoms with Gasteiger partial charge in [0.25, 0.3) is 0 Å². The first-order valence-electron chi connectivity index (χ1n) is 3.99. The lowest BCUT2D eigenvalue weighted by Gasteiger charge is -2.02. The fourth-order valence-electron chi connectivity index (χ4n) is 1.36. The number of fused-ring (bicyclic) bond motifs is 1. The Morgan fingerprint density at radius 1 is 1.50 bits per heavy atom. The molecule has 0 bridgehead atoms. The third-order valence-corrected chi connectivity index (χ3v) is 2.92. The van der Waals surface area contributed by atoms with Crippen molar-refractivity contribution in [3.8, 4) is 11.5 Å². The fraction of sp³-hybridized carbons (Fsp3) is 0.100. The Hall–Kier alpha value is -1.55. The maximum absolute atomic E-state index is 10.6. The van der Waals surface area contributed by atoms with Gasteiger partial charge < -0.3 is 9.84 Å². The van der Waals surface area contributed by atoms with E-state index in [1.807, 2.05) is 0 Å². The molecule has 14 heavy (non-hydrogen) atoms. The summed E-state index contributed by atoms with van der Waals surface area (Å²) >= 11 is 1.38. The molecule has 2 aromatic rings. The number of rotatable bonds is 2. The summed E-state index contributed by atoms with van der Waals surface area (Å²) in [6, 6.07) is 3.34. The molecule has 0 amide bonds.